The molecule has 6 nitrogen and oxygen atoms in total. The average Bonchev–Trinajstić information content (AvgIpc) is 2.48. The molecule has 5 N–H and O–H groups in total. The van der Waals surface area contributed by atoms with Gasteiger partial charge in [-0.05, 0) is 38.1 Å². The molecule has 0 saturated heterocycles. The van der Waals surface area contributed by atoms with Crippen molar-refractivity contribution in [3.63, 3.8) is 0 Å². The standard InChI is InChI=1S/C16H25N3O3/c1-10(20)19-15-13(17)7-12(16(21)22)8-14(15)18-9-11-5-3-2-4-6-11/h2-3,8,11,13-15,18H,4-7,9,17H2,1H3,(H,19,20)(H,21,22)/t11?,13-,14+,15+/m0/s1. The van der Waals surface area contributed by atoms with Crippen LogP contribution >= 0.6 is 0 Å². The first-order valence-corrected chi connectivity index (χ1v) is 7.82. The number of rotatable bonds is 5. The van der Waals surface area contributed by atoms with Crippen LogP contribution in [0.3, 0.4) is 0 Å². The third-order valence-electron chi connectivity index (χ3n) is 4.35. The molecule has 0 aromatic heterocycles. The molecule has 0 aromatic rings. The number of allylic oxidation sites excluding steroid dienone is 2. The molecule has 0 spiro atoms. The van der Waals surface area contributed by atoms with Crippen LogP contribution < -0.4 is 16.4 Å². The first-order valence-electron chi connectivity index (χ1n) is 7.82. The molecule has 0 bridgehead atoms. The van der Waals surface area contributed by atoms with Crippen LogP contribution in [0.25, 0.3) is 0 Å². The van der Waals surface area contributed by atoms with Crippen LogP contribution in [-0.2, 0) is 9.59 Å². The quantitative estimate of drug-likeness (QED) is 0.555. The third-order valence-corrected chi connectivity index (χ3v) is 4.35. The number of carbonyl (C=O) groups excluding carboxylic acids is 1. The van der Waals surface area contributed by atoms with Crippen LogP contribution in [0.2, 0.25) is 0 Å². The lowest BCUT2D eigenvalue weighted by Crippen LogP contribution is -2.60. The number of amides is 1. The van der Waals surface area contributed by atoms with Gasteiger partial charge in [0.15, 0.2) is 0 Å². The predicted molar refractivity (Wildman–Crippen MR) is 84.2 cm³/mol. The third kappa shape index (κ3) is 4.42. The fourth-order valence-electron chi connectivity index (χ4n) is 3.16. The second-order valence-electron chi connectivity index (χ2n) is 6.18. The second kappa shape index (κ2) is 7.56. The van der Waals surface area contributed by atoms with Gasteiger partial charge in [-0.1, -0.05) is 18.2 Å². The van der Waals surface area contributed by atoms with E-state index in [1.165, 1.54) is 6.92 Å². The zero-order valence-electron chi connectivity index (χ0n) is 12.9. The first kappa shape index (κ1) is 16.7. The monoisotopic (exact) mass is 307 g/mol. The number of hydrogen-bond acceptors (Lipinski definition) is 4. The Labute approximate surface area is 130 Å². The van der Waals surface area contributed by atoms with E-state index in [2.05, 4.69) is 22.8 Å². The van der Waals surface area contributed by atoms with E-state index in [0.29, 0.717) is 11.5 Å². The first-order chi connectivity index (χ1) is 10.5. The van der Waals surface area contributed by atoms with Crippen LogP contribution in [-0.4, -0.2) is 41.7 Å². The van der Waals surface area contributed by atoms with Gasteiger partial charge in [-0.3, -0.25) is 4.79 Å². The minimum atomic E-state index is -0.941. The molecule has 0 saturated carbocycles. The van der Waals surface area contributed by atoms with Crippen molar-refractivity contribution in [1.29, 1.82) is 0 Å². The van der Waals surface area contributed by atoms with E-state index in [1.807, 2.05) is 0 Å². The maximum atomic E-state index is 11.4. The van der Waals surface area contributed by atoms with Crippen molar-refractivity contribution in [3.8, 4) is 0 Å². The molecule has 0 heterocycles. The number of carboxylic acids is 1. The topological polar surface area (TPSA) is 104 Å². The van der Waals surface area contributed by atoms with Crippen molar-refractivity contribution in [3.05, 3.63) is 23.8 Å². The highest BCUT2D eigenvalue weighted by atomic mass is 16.4. The highest BCUT2D eigenvalue weighted by Gasteiger charge is 2.33. The van der Waals surface area contributed by atoms with Gasteiger partial charge in [0.05, 0.1) is 6.04 Å². The van der Waals surface area contributed by atoms with Gasteiger partial charge in [0, 0.05) is 24.6 Å². The van der Waals surface area contributed by atoms with Gasteiger partial charge in [0.2, 0.25) is 5.91 Å². The van der Waals surface area contributed by atoms with Crippen LogP contribution in [0.15, 0.2) is 23.8 Å². The lowest BCUT2D eigenvalue weighted by molar-refractivity contribution is -0.133. The Hall–Kier alpha value is -1.66. The molecule has 0 radical (unpaired) electrons. The Morgan fingerprint density at radius 1 is 1.41 bits per heavy atom. The van der Waals surface area contributed by atoms with Gasteiger partial charge in [0.1, 0.15) is 0 Å². The molecule has 2 aliphatic rings. The number of carboxylic acid groups (broad SMARTS) is 1. The van der Waals surface area contributed by atoms with E-state index in [0.717, 1.165) is 25.8 Å². The molecule has 2 aliphatic carbocycles. The predicted octanol–water partition coefficient (Wildman–Crippen LogP) is 0.548. The fraction of sp³-hybridized carbons (Fsp3) is 0.625. The van der Waals surface area contributed by atoms with Crippen LogP contribution in [0.1, 0.15) is 32.6 Å². The maximum Gasteiger partial charge on any atom is 0.331 e. The molecule has 0 aliphatic heterocycles. The zero-order chi connectivity index (χ0) is 16.1. The van der Waals surface area contributed by atoms with E-state index < -0.39 is 12.0 Å². The van der Waals surface area contributed by atoms with Gasteiger partial charge >= 0.3 is 5.97 Å². The number of aliphatic carboxylic acids is 1. The van der Waals surface area contributed by atoms with Crippen molar-refractivity contribution in [2.24, 2.45) is 11.7 Å². The average molecular weight is 307 g/mol. The van der Waals surface area contributed by atoms with E-state index in [9.17, 15) is 14.7 Å². The number of nitrogens with one attached hydrogen (secondary N) is 2. The molecule has 1 unspecified atom stereocenters. The molecule has 1 amide bonds. The Morgan fingerprint density at radius 3 is 2.77 bits per heavy atom. The van der Waals surface area contributed by atoms with Gasteiger partial charge in [-0.15, -0.1) is 0 Å². The van der Waals surface area contributed by atoms with Crippen LogP contribution in [0, 0.1) is 5.92 Å². The summed E-state index contributed by atoms with van der Waals surface area (Å²) in [5.74, 6) is -0.549. The number of hydrogen-bond donors (Lipinski definition) is 4. The van der Waals surface area contributed by atoms with E-state index >= 15 is 0 Å². The fourth-order valence-corrected chi connectivity index (χ4v) is 3.16. The van der Waals surface area contributed by atoms with Gasteiger partial charge < -0.3 is 21.5 Å². The van der Waals surface area contributed by atoms with Crippen molar-refractivity contribution < 1.29 is 14.7 Å². The van der Waals surface area contributed by atoms with Crippen LogP contribution in [0.5, 0.6) is 0 Å². The summed E-state index contributed by atoms with van der Waals surface area (Å²) >= 11 is 0. The summed E-state index contributed by atoms with van der Waals surface area (Å²) in [5, 5.41) is 15.5. The van der Waals surface area contributed by atoms with Crippen LogP contribution in [0.4, 0.5) is 0 Å². The summed E-state index contributed by atoms with van der Waals surface area (Å²) in [6.45, 7) is 2.24. The second-order valence-corrected chi connectivity index (χ2v) is 6.18. The molecule has 4 atom stereocenters. The SMILES string of the molecule is CC(=O)N[C@@H]1[C@@H](N)CC(C(=O)O)=C[C@H]1NCC1CC=CCC1. The highest BCUT2D eigenvalue weighted by Crippen LogP contribution is 2.21. The number of nitrogens with two attached hydrogens (primary N) is 1. The highest BCUT2D eigenvalue weighted by molar-refractivity contribution is 5.87. The van der Waals surface area contributed by atoms with Crippen molar-refractivity contribution in [2.45, 2.75) is 50.7 Å². The molecule has 6 heteroatoms. The lowest BCUT2D eigenvalue weighted by Gasteiger charge is -2.36. The van der Waals surface area contributed by atoms with Gasteiger partial charge in [0.25, 0.3) is 0 Å². The lowest BCUT2D eigenvalue weighted by atomic mass is 9.86. The van der Waals surface area contributed by atoms with Gasteiger partial charge in [-0.25, -0.2) is 4.79 Å². The van der Waals surface area contributed by atoms with E-state index in [1.54, 1.807) is 6.08 Å². The number of carbonyl (C=O) groups is 2. The van der Waals surface area contributed by atoms with Crippen molar-refractivity contribution >= 4 is 11.9 Å². The Balaban J connectivity index is 2.05. The van der Waals surface area contributed by atoms with E-state index in [-0.39, 0.29) is 24.4 Å². The van der Waals surface area contributed by atoms with Gasteiger partial charge in [-0.2, -0.15) is 0 Å². The molecular weight excluding hydrogens is 282 g/mol. The van der Waals surface area contributed by atoms with Crippen molar-refractivity contribution in [1.82, 2.24) is 10.6 Å². The summed E-state index contributed by atoms with van der Waals surface area (Å²) in [6.07, 6.45) is 9.59. The molecule has 2 rings (SSSR count). The molecular formula is C16H25N3O3. The van der Waals surface area contributed by atoms with Crippen molar-refractivity contribution in [2.75, 3.05) is 6.54 Å². The molecule has 122 valence electrons. The summed E-state index contributed by atoms with van der Waals surface area (Å²) in [6, 6.07) is -0.923. The minimum Gasteiger partial charge on any atom is -0.478 e. The largest absolute Gasteiger partial charge is 0.478 e. The summed E-state index contributed by atoms with van der Waals surface area (Å²) in [4.78, 5) is 22.6. The minimum absolute atomic E-state index is 0.153. The van der Waals surface area contributed by atoms with E-state index in [4.69, 9.17) is 5.73 Å². The normalized spacial score (nSPS) is 31.5. The Kier molecular flexibility index (Phi) is 5.74. The zero-order valence-corrected chi connectivity index (χ0v) is 12.9. The summed E-state index contributed by atoms with van der Waals surface area (Å²) < 4.78 is 0. The molecule has 22 heavy (non-hydrogen) atoms. The maximum absolute atomic E-state index is 11.4. The molecule has 0 aromatic carbocycles. The summed E-state index contributed by atoms with van der Waals surface area (Å²) in [5.41, 5.74) is 6.40. The Morgan fingerprint density at radius 2 is 2.18 bits per heavy atom. The Bertz CT molecular complexity index is 487. The summed E-state index contributed by atoms with van der Waals surface area (Å²) in [7, 11) is 0. The smallest absolute Gasteiger partial charge is 0.331 e. The molecule has 0 fully saturated rings.